The Kier molecular flexibility index (Phi) is 4.54. The minimum atomic E-state index is -1.00. The van der Waals surface area contributed by atoms with E-state index in [1.165, 1.54) is 4.90 Å². The van der Waals surface area contributed by atoms with Crippen LogP contribution in [0.25, 0.3) is 10.9 Å². The first kappa shape index (κ1) is 15.0. The van der Waals surface area contributed by atoms with Crippen molar-refractivity contribution >= 4 is 22.8 Å². The van der Waals surface area contributed by atoms with Gasteiger partial charge in [-0.1, -0.05) is 18.2 Å². The number of benzene rings is 1. The van der Waals surface area contributed by atoms with Crippen molar-refractivity contribution in [2.75, 3.05) is 13.1 Å². The van der Waals surface area contributed by atoms with Crippen molar-refractivity contribution in [1.82, 2.24) is 14.7 Å². The third-order valence-corrected chi connectivity index (χ3v) is 3.15. The number of nitrogens with two attached hydrogens (primary N) is 1. The molecule has 21 heavy (non-hydrogen) atoms. The molecular formula is C14H18N4O3. The smallest absolute Gasteiger partial charge is 0.317 e. The van der Waals surface area contributed by atoms with Gasteiger partial charge in [-0.2, -0.15) is 5.10 Å². The normalized spacial score (nSPS) is 11.1. The molecule has 7 nitrogen and oxygen atoms in total. The molecule has 2 rings (SSSR count). The first-order valence-electron chi connectivity index (χ1n) is 6.68. The highest BCUT2D eigenvalue weighted by molar-refractivity contribution is 5.82. The second kappa shape index (κ2) is 6.36. The summed E-state index contributed by atoms with van der Waals surface area (Å²) in [6.07, 6.45) is 0. The van der Waals surface area contributed by atoms with Gasteiger partial charge in [0.1, 0.15) is 0 Å². The molecule has 1 amide bonds. The Labute approximate surface area is 121 Å². The Balaban J connectivity index is 2.31. The number of para-hydroxylation sites is 1. The standard InChI is InChI=1S/C14H18N4O3/c1-2-18-12-6-4-3-5-10(12)11(16-18)7-17(8-13(15)19)9-14(20)21/h3-6H,2,7-9H2,1H3,(H2,15,19)(H,20,21). The number of amides is 1. The van der Waals surface area contributed by atoms with E-state index in [-0.39, 0.29) is 19.6 Å². The first-order valence-corrected chi connectivity index (χ1v) is 6.68. The largest absolute Gasteiger partial charge is 0.480 e. The maximum Gasteiger partial charge on any atom is 0.317 e. The SMILES string of the molecule is CCn1nc(CN(CC(N)=O)CC(=O)O)c2ccccc21. The molecule has 0 aliphatic rings. The van der Waals surface area contributed by atoms with E-state index in [2.05, 4.69) is 5.10 Å². The van der Waals surface area contributed by atoms with Gasteiger partial charge in [-0.25, -0.2) is 0 Å². The number of carboxylic acid groups (broad SMARTS) is 1. The molecule has 0 radical (unpaired) electrons. The minimum Gasteiger partial charge on any atom is -0.480 e. The molecule has 0 unspecified atom stereocenters. The van der Waals surface area contributed by atoms with Gasteiger partial charge in [0.2, 0.25) is 5.91 Å². The molecule has 3 N–H and O–H groups in total. The zero-order valence-electron chi connectivity index (χ0n) is 11.8. The summed E-state index contributed by atoms with van der Waals surface area (Å²) in [5.41, 5.74) is 6.90. The second-order valence-electron chi connectivity index (χ2n) is 4.78. The maximum absolute atomic E-state index is 11.1. The molecule has 112 valence electrons. The molecule has 2 aromatic rings. The van der Waals surface area contributed by atoms with Crippen LogP contribution in [0.3, 0.4) is 0 Å². The Hall–Kier alpha value is -2.41. The van der Waals surface area contributed by atoms with E-state index in [9.17, 15) is 9.59 Å². The van der Waals surface area contributed by atoms with Gasteiger partial charge in [-0.3, -0.25) is 19.2 Å². The van der Waals surface area contributed by atoms with Crippen molar-refractivity contribution < 1.29 is 14.7 Å². The number of primary amides is 1. The number of carboxylic acids is 1. The van der Waals surface area contributed by atoms with E-state index in [4.69, 9.17) is 10.8 Å². The fraction of sp³-hybridized carbons (Fsp3) is 0.357. The summed E-state index contributed by atoms with van der Waals surface area (Å²) in [5.74, 6) is -1.56. The summed E-state index contributed by atoms with van der Waals surface area (Å²) in [6, 6.07) is 7.74. The molecule has 1 aromatic heterocycles. The zero-order valence-corrected chi connectivity index (χ0v) is 11.8. The number of aromatic nitrogens is 2. The Bertz CT molecular complexity index is 649. The number of hydrogen-bond donors (Lipinski definition) is 2. The lowest BCUT2D eigenvalue weighted by Crippen LogP contribution is -2.37. The van der Waals surface area contributed by atoms with Crippen LogP contribution in [-0.4, -0.2) is 44.8 Å². The minimum absolute atomic E-state index is 0.111. The van der Waals surface area contributed by atoms with Crippen LogP contribution < -0.4 is 5.73 Å². The predicted octanol–water partition coefficient (Wildman–Crippen LogP) is 0.428. The highest BCUT2D eigenvalue weighted by Crippen LogP contribution is 2.19. The summed E-state index contributed by atoms with van der Waals surface area (Å²) < 4.78 is 1.86. The molecule has 0 atom stereocenters. The van der Waals surface area contributed by atoms with E-state index >= 15 is 0 Å². The maximum atomic E-state index is 11.1. The van der Waals surface area contributed by atoms with Crippen molar-refractivity contribution in [2.45, 2.75) is 20.0 Å². The summed E-state index contributed by atoms with van der Waals surface area (Å²) >= 11 is 0. The van der Waals surface area contributed by atoms with E-state index in [0.717, 1.165) is 23.1 Å². The van der Waals surface area contributed by atoms with Crippen molar-refractivity contribution in [2.24, 2.45) is 5.73 Å². The average molecular weight is 290 g/mol. The third kappa shape index (κ3) is 3.57. The monoisotopic (exact) mass is 290 g/mol. The number of nitrogens with zero attached hydrogens (tertiary/aromatic N) is 3. The molecule has 0 aliphatic heterocycles. The first-order chi connectivity index (χ1) is 10.0. The fourth-order valence-electron chi connectivity index (χ4n) is 2.35. The Morgan fingerprint density at radius 2 is 2.05 bits per heavy atom. The van der Waals surface area contributed by atoms with Crippen LogP contribution in [0.1, 0.15) is 12.6 Å². The van der Waals surface area contributed by atoms with Gasteiger partial charge in [0.05, 0.1) is 24.3 Å². The lowest BCUT2D eigenvalue weighted by molar-refractivity contribution is -0.138. The second-order valence-corrected chi connectivity index (χ2v) is 4.78. The quantitative estimate of drug-likeness (QED) is 0.770. The van der Waals surface area contributed by atoms with Gasteiger partial charge in [0.15, 0.2) is 0 Å². The average Bonchev–Trinajstić information content (AvgIpc) is 2.76. The Morgan fingerprint density at radius 3 is 2.67 bits per heavy atom. The van der Waals surface area contributed by atoms with Crippen LogP contribution in [-0.2, 0) is 22.7 Å². The summed E-state index contributed by atoms with van der Waals surface area (Å²) in [7, 11) is 0. The van der Waals surface area contributed by atoms with Crippen molar-refractivity contribution in [1.29, 1.82) is 0 Å². The van der Waals surface area contributed by atoms with Gasteiger partial charge in [-0.15, -0.1) is 0 Å². The molecule has 0 aliphatic carbocycles. The van der Waals surface area contributed by atoms with Gasteiger partial charge in [-0.05, 0) is 13.0 Å². The number of carbonyl (C=O) groups excluding carboxylic acids is 1. The van der Waals surface area contributed by atoms with Crippen LogP contribution in [0.4, 0.5) is 0 Å². The van der Waals surface area contributed by atoms with Crippen LogP contribution >= 0.6 is 0 Å². The van der Waals surface area contributed by atoms with E-state index in [1.807, 2.05) is 35.9 Å². The van der Waals surface area contributed by atoms with Crippen LogP contribution in [0.2, 0.25) is 0 Å². The van der Waals surface area contributed by atoms with Gasteiger partial charge in [0, 0.05) is 18.5 Å². The number of carbonyl (C=O) groups is 2. The summed E-state index contributed by atoms with van der Waals surface area (Å²) in [5, 5.41) is 14.4. The van der Waals surface area contributed by atoms with Crippen molar-refractivity contribution in [3.63, 3.8) is 0 Å². The molecule has 0 spiro atoms. The van der Waals surface area contributed by atoms with Crippen LogP contribution in [0.15, 0.2) is 24.3 Å². The molecule has 0 fully saturated rings. The highest BCUT2D eigenvalue weighted by atomic mass is 16.4. The zero-order chi connectivity index (χ0) is 15.4. The highest BCUT2D eigenvalue weighted by Gasteiger charge is 2.17. The molecule has 7 heteroatoms. The Morgan fingerprint density at radius 1 is 1.33 bits per heavy atom. The van der Waals surface area contributed by atoms with E-state index in [1.54, 1.807) is 0 Å². The predicted molar refractivity (Wildman–Crippen MR) is 77.5 cm³/mol. The van der Waals surface area contributed by atoms with Crippen molar-refractivity contribution in [3.8, 4) is 0 Å². The lowest BCUT2D eigenvalue weighted by Gasteiger charge is -2.17. The number of aryl methyl sites for hydroxylation is 1. The topological polar surface area (TPSA) is 101 Å². The van der Waals surface area contributed by atoms with E-state index < -0.39 is 11.9 Å². The summed E-state index contributed by atoms with van der Waals surface area (Å²) in [4.78, 5) is 23.4. The fourth-order valence-corrected chi connectivity index (χ4v) is 2.35. The third-order valence-electron chi connectivity index (χ3n) is 3.15. The molecule has 0 saturated heterocycles. The van der Waals surface area contributed by atoms with Gasteiger partial charge in [0.25, 0.3) is 0 Å². The number of hydrogen-bond acceptors (Lipinski definition) is 4. The number of fused-ring (bicyclic) bond motifs is 1. The van der Waals surface area contributed by atoms with Gasteiger partial charge < -0.3 is 10.8 Å². The molecular weight excluding hydrogens is 272 g/mol. The number of aliphatic carboxylic acids is 1. The lowest BCUT2D eigenvalue weighted by atomic mass is 10.2. The molecule has 1 aromatic carbocycles. The number of rotatable bonds is 7. The van der Waals surface area contributed by atoms with E-state index in [0.29, 0.717) is 0 Å². The van der Waals surface area contributed by atoms with Crippen LogP contribution in [0.5, 0.6) is 0 Å². The summed E-state index contributed by atoms with van der Waals surface area (Å²) in [6.45, 7) is 2.61. The molecule has 0 bridgehead atoms. The van der Waals surface area contributed by atoms with Gasteiger partial charge >= 0.3 is 5.97 Å². The van der Waals surface area contributed by atoms with Crippen molar-refractivity contribution in [3.05, 3.63) is 30.0 Å². The molecule has 0 saturated carbocycles. The van der Waals surface area contributed by atoms with Crippen LogP contribution in [0, 0.1) is 0 Å². The molecule has 1 heterocycles.